The van der Waals surface area contributed by atoms with E-state index in [0.717, 1.165) is 18.0 Å². The number of hydrogen-bond acceptors (Lipinski definition) is 3. The first-order valence-electron chi connectivity index (χ1n) is 8.22. The van der Waals surface area contributed by atoms with Crippen molar-refractivity contribution < 1.29 is 0 Å². The van der Waals surface area contributed by atoms with Crippen LogP contribution in [-0.4, -0.2) is 17.6 Å². The second-order valence-electron chi connectivity index (χ2n) is 6.45. The maximum Gasteiger partial charge on any atom is 0.136 e. The van der Waals surface area contributed by atoms with Gasteiger partial charge in [0.25, 0.3) is 0 Å². The van der Waals surface area contributed by atoms with E-state index in [0.29, 0.717) is 12.6 Å². The predicted molar refractivity (Wildman–Crippen MR) is 87.3 cm³/mol. The molecule has 1 aliphatic heterocycles. The number of hydrogen-bond donors (Lipinski definition) is 1. The Kier molecular flexibility index (Phi) is 3.30. The Morgan fingerprint density at radius 3 is 2.76 bits per heavy atom. The third-order valence-electron chi connectivity index (χ3n) is 5.34. The van der Waals surface area contributed by atoms with Gasteiger partial charge in [0.2, 0.25) is 0 Å². The fourth-order valence-electron chi connectivity index (χ4n) is 4.34. The first-order chi connectivity index (χ1) is 10.4. The molecule has 21 heavy (non-hydrogen) atoms. The Balaban J connectivity index is 1.83. The summed E-state index contributed by atoms with van der Waals surface area (Å²) in [4.78, 5) is 7.39. The number of piperidine rings is 1. The molecule has 3 heteroatoms. The van der Waals surface area contributed by atoms with E-state index in [2.05, 4.69) is 29.2 Å². The summed E-state index contributed by atoms with van der Waals surface area (Å²) in [5.74, 6) is 2.06. The molecule has 0 radical (unpaired) electrons. The molecule has 110 valence electrons. The van der Waals surface area contributed by atoms with Gasteiger partial charge < -0.3 is 10.6 Å². The minimum absolute atomic E-state index is 0.555. The number of fused-ring (bicyclic) bond motifs is 2. The Morgan fingerprint density at radius 1 is 1.10 bits per heavy atom. The van der Waals surface area contributed by atoms with Gasteiger partial charge in [-0.15, -0.1) is 0 Å². The SMILES string of the molecule is NCc1cnc(N2CCCC3CCCC32)c2ccccc12. The number of pyridine rings is 1. The summed E-state index contributed by atoms with van der Waals surface area (Å²) in [5, 5.41) is 2.54. The van der Waals surface area contributed by atoms with Crippen LogP contribution >= 0.6 is 0 Å². The van der Waals surface area contributed by atoms with Gasteiger partial charge in [0.15, 0.2) is 0 Å². The van der Waals surface area contributed by atoms with Gasteiger partial charge in [-0.05, 0) is 42.6 Å². The van der Waals surface area contributed by atoms with Crippen LogP contribution in [0.2, 0.25) is 0 Å². The first kappa shape index (κ1) is 13.1. The van der Waals surface area contributed by atoms with Gasteiger partial charge in [-0.3, -0.25) is 0 Å². The average Bonchev–Trinajstić information content (AvgIpc) is 3.02. The summed E-state index contributed by atoms with van der Waals surface area (Å²) in [6, 6.07) is 9.30. The van der Waals surface area contributed by atoms with Crippen LogP contribution in [0.25, 0.3) is 10.8 Å². The number of rotatable bonds is 2. The number of nitrogens with zero attached hydrogens (tertiary/aromatic N) is 2. The zero-order valence-corrected chi connectivity index (χ0v) is 12.5. The summed E-state index contributed by atoms with van der Waals surface area (Å²) < 4.78 is 0. The lowest BCUT2D eigenvalue weighted by molar-refractivity contribution is 0.361. The molecule has 0 spiro atoms. The zero-order chi connectivity index (χ0) is 14.2. The van der Waals surface area contributed by atoms with Crippen LogP contribution in [0.4, 0.5) is 5.82 Å². The van der Waals surface area contributed by atoms with E-state index >= 15 is 0 Å². The van der Waals surface area contributed by atoms with E-state index in [4.69, 9.17) is 10.7 Å². The van der Waals surface area contributed by atoms with Gasteiger partial charge in [-0.25, -0.2) is 4.98 Å². The van der Waals surface area contributed by atoms with Crippen LogP contribution in [0.1, 0.15) is 37.7 Å². The predicted octanol–water partition coefficient (Wildman–Crippen LogP) is 3.46. The van der Waals surface area contributed by atoms with Crippen LogP contribution < -0.4 is 10.6 Å². The van der Waals surface area contributed by atoms with E-state index in [1.54, 1.807) is 0 Å². The van der Waals surface area contributed by atoms with Crippen LogP contribution in [0, 0.1) is 5.92 Å². The third kappa shape index (κ3) is 2.11. The summed E-state index contributed by atoms with van der Waals surface area (Å²) in [6.45, 7) is 1.71. The lowest BCUT2D eigenvalue weighted by Crippen LogP contribution is -2.43. The second-order valence-corrected chi connectivity index (χ2v) is 6.45. The summed E-state index contributed by atoms with van der Waals surface area (Å²) >= 11 is 0. The van der Waals surface area contributed by atoms with Crippen LogP contribution in [0.5, 0.6) is 0 Å². The second kappa shape index (κ2) is 5.30. The molecule has 1 aromatic heterocycles. The molecule has 2 aliphatic rings. The van der Waals surface area contributed by atoms with Crippen LogP contribution in [-0.2, 0) is 6.54 Å². The summed E-state index contributed by atoms with van der Waals surface area (Å²) in [5.41, 5.74) is 7.02. The fraction of sp³-hybridized carbons (Fsp3) is 0.500. The van der Waals surface area contributed by atoms with Gasteiger partial charge in [0.05, 0.1) is 0 Å². The van der Waals surface area contributed by atoms with Crippen molar-refractivity contribution in [2.75, 3.05) is 11.4 Å². The number of nitrogens with two attached hydrogens (primary N) is 1. The molecular weight excluding hydrogens is 258 g/mol. The molecule has 2 atom stereocenters. The molecule has 2 heterocycles. The maximum atomic E-state index is 5.88. The first-order valence-corrected chi connectivity index (χ1v) is 8.22. The highest BCUT2D eigenvalue weighted by molar-refractivity contribution is 5.94. The van der Waals surface area contributed by atoms with E-state index in [1.165, 1.54) is 48.7 Å². The Bertz CT molecular complexity index is 652. The molecule has 2 unspecified atom stereocenters. The largest absolute Gasteiger partial charge is 0.353 e. The molecule has 1 aliphatic carbocycles. The average molecular weight is 281 g/mol. The molecule has 2 fully saturated rings. The maximum absolute atomic E-state index is 5.88. The van der Waals surface area contributed by atoms with Crippen molar-refractivity contribution in [3.05, 3.63) is 36.0 Å². The zero-order valence-electron chi connectivity index (χ0n) is 12.5. The summed E-state index contributed by atoms with van der Waals surface area (Å²) in [6.07, 6.45) is 8.80. The topological polar surface area (TPSA) is 42.1 Å². The molecule has 2 aromatic rings. The van der Waals surface area contributed by atoms with Gasteiger partial charge in [-0.2, -0.15) is 0 Å². The number of benzene rings is 1. The van der Waals surface area contributed by atoms with E-state index in [9.17, 15) is 0 Å². The van der Waals surface area contributed by atoms with E-state index in [-0.39, 0.29) is 0 Å². The highest BCUT2D eigenvalue weighted by Gasteiger charge is 2.36. The molecule has 1 saturated heterocycles. The number of aromatic nitrogens is 1. The lowest BCUT2D eigenvalue weighted by atomic mass is 9.91. The Labute approximate surface area is 126 Å². The third-order valence-corrected chi connectivity index (χ3v) is 5.34. The van der Waals surface area contributed by atoms with Crippen LogP contribution in [0.15, 0.2) is 30.5 Å². The van der Waals surface area contributed by atoms with Crippen molar-refractivity contribution >= 4 is 16.6 Å². The van der Waals surface area contributed by atoms with Crippen molar-refractivity contribution in [2.45, 2.75) is 44.7 Å². The van der Waals surface area contributed by atoms with Crippen molar-refractivity contribution in [3.63, 3.8) is 0 Å². The highest BCUT2D eigenvalue weighted by Crippen LogP contribution is 2.40. The van der Waals surface area contributed by atoms with E-state index < -0.39 is 0 Å². The molecule has 2 N–H and O–H groups in total. The van der Waals surface area contributed by atoms with Gasteiger partial charge in [0, 0.05) is 30.7 Å². The molecule has 0 amide bonds. The highest BCUT2D eigenvalue weighted by atomic mass is 15.2. The minimum Gasteiger partial charge on any atom is -0.353 e. The Morgan fingerprint density at radius 2 is 1.90 bits per heavy atom. The molecule has 1 saturated carbocycles. The van der Waals surface area contributed by atoms with Crippen molar-refractivity contribution in [1.82, 2.24) is 4.98 Å². The van der Waals surface area contributed by atoms with Crippen LogP contribution in [0.3, 0.4) is 0 Å². The van der Waals surface area contributed by atoms with E-state index in [1.807, 2.05) is 6.20 Å². The normalized spacial score (nSPS) is 25.3. The molecular formula is C18H23N3. The quantitative estimate of drug-likeness (QED) is 0.916. The lowest BCUT2D eigenvalue weighted by Gasteiger charge is -2.39. The van der Waals surface area contributed by atoms with Crippen molar-refractivity contribution in [1.29, 1.82) is 0 Å². The minimum atomic E-state index is 0.555. The number of anilines is 1. The molecule has 0 bridgehead atoms. The van der Waals surface area contributed by atoms with Gasteiger partial charge >= 0.3 is 0 Å². The Hall–Kier alpha value is -1.61. The molecule has 4 rings (SSSR count). The fourth-order valence-corrected chi connectivity index (χ4v) is 4.34. The molecule has 3 nitrogen and oxygen atoms in total. The monoisotopic (exact) mass is 281 g/mol. The molecule has 1 aromatic carbocycles. The van der Waals surface area contributed by atoms with Gasteiger partial charge in [0.1, 0.15) is 5.82 Å². The standard InChI is InChI=1S/C18H23N3/c19-11-14-12-20-18(16-8-2-1-7-15(14)16)21-10-4-6-13-5-3-9-17(13)21/h1-2,7-8,12-13,17H,3-6,9-11,19H2. The van der Waals surface area contributed by atoms with Gasteiger partial charge in [-0.1, -0.05) is 30.7 Å². The smallest absolute Gasteiger partial charge is 0.136 e. The van der Waals surface area contributed by atoms with Crippen molar-refractivity contribution in [3.8, 4) is 0 Å². The van der Waals surface area contributed by atoms with Crippen molar-refractivity contribution in [2.24, 2.45) is 11.7 Å². The summed E-state index contributed by atoms with van der Waals surface area (Å²) in [7, 11) is 0.